The van der Waals surface area contributed by atoms with Gasteiger partial charge in [0.2, 0.25) is 5.91 Å². The number of likely N-dealkylation sites (N-methyl/N-ethyl adjacent to an activating group) is 1. The number of carbonyl (C=O) groups excluding carboxylic acids is 1. The minimum atomic E-state index is 0.137. The molecule has 3 fully saturated rings. The van der Waals surface area contributed by atoms with E-state index < -0.39 is 0 Å². The summed E-state index contributed by atoms with van der Waals surface area (Å²) in [7, 11) is 2.00. The van der Waals surface area contributed by atoms with Gasteiger partial charge in [-0.25, -0.2) is 0 Å². The van der Waals surface area contributed by atoms with Crippen molar-refractivity contribution in [3.05, 3.63) is 0 Å². The Morgan fingerprint density at radius 1 is 1.19 bits per heavy atom. The Hall–Kier alpha value is -0.570. The molecule has 3 aliphatic rings. The lowest BCUT2D eigenvalue weighted by atomic mass is 9.89. The van der Waals surface area contributed by atoms with Gasteiger partial charge < -0.3 is 10.2 Å². The van der Waals surface area contributed by atoms with Gasteiger partial charge in [-0.1, -0.05) is 6.42 Å². The van der Waals surface area contributed by atoms with E-state index in [-0.39, 0.29) is 6.04 Å². The van der Waals surface area contributed by atoms with Crippen LogP contribution in [0.5, 0.6) is 0 Å². The first-order valence-corrected chi connectivity index (χ1v) is 6.77. The summed E-state index contributed by atoms with van der Waals surface area (Å²) in [4.78, 5) is 14.4. The van der Waals surface area contributed by atoms with Gasteiger partial charge >= 0.3 is 0 Å². The molecule has 3 unspecified atom stereocenters. The van der Waals surface area contributed by atoms with Crippen molar-refractivity contribution < 1.29 is 4.79 Å². The molecule has 0 aromatic carbocycles. The minimum Gasteiger partial charge on any atom is -0.341 e. The second-order valence-electron chi connectivity index (χ2n) is 5.77. The average molecular weight is 222 g/mol. The Morgan fingerprint density at radius 2 is 1.94 bits per heavy atom. The van der Waals surface area contributed by atoms with E-state index in [4.69, 9.17) is 0 Å². The van der Waals surface area contributed by atoms with Crippen LogP contribution in [0.2, 0.25) is 0 Å². The maximum Gasteiger partial charge on any atom is 0.239 e. The lowest BCUT2D eigenvalue weighted by molar-refractivity contribution is -0.136. The molecule has 1 amide bonds. The molecule has 1 heterocycles. The van der Waals surface area contributed by atoms with E-state index >= 15 is 0 Å². The van der Waals surface area contributed by atoms with Crippen LogP contribution in [-0.2, 0) is 4.79 Å². The van der Waals surface area contributed by atoms with E-state index in [2.05, 4.69) is 5.32 Å². The van der Waals surface area contributed by atoms with Crippen LogP contribution in [0.25, 0.3) is 0 Å². The number of carbonyl (C=O) groups is 1. The van der Waals surface area contributed by atoms with Crippen LogP contribution in [0.3, 0.4) is 0 Å². The van der Waals surface area contributed by atoms with Crippen molar-refractivity contribution >= 4 is 5.91 Å². The second kappa shape index (κ2) is 4.02. The van der Waals surface area contributed by atoms with Gasteiger partial charge in [0.05, 0.1) is 6.04 Å². The van der Waals surface area contributed by atoms with Crippen LogP contribution in [-0.4, -0.2) is 36.5 Å². The van der Waals surface area contributed by atoms with Crippen molar-refractivity contribution in [1.29, 1.82) is 0 Å². The molecule has 0 radical (unpaired) electrons. The van der Waals surface area contributed by atoms with Crippen LogP contribution in [0.1, 0.15) is 38.5 Å². The first kappa shape index (κ1) is 10.6. The summed E-state index contributed by atoms with van der Waals surface area (Å²) in [6, 6.07) is 0.674. The van der Waals surface area contributed by atoms with Crippen molar-refractivity contribution in [2.75, 3.05) is 13.6 Å². The third kappa shape index (κ3) is 1.56. The second-order valence-corrected chi connectivity index (χ2v) is 5.77. The van der Waals surface area contributed by atoms with E-state index in [1.165, 1.54) is 38.5 Å². The van der Waals surface area contributed by atoms with Crippen LogP contribution in [0.4, 0.5) is 0 Å². The third-order valence-corrected chi connectivity index (χ3v) is 4.98. The zero-order chi connectivity index (χ0) is 11.1. The van der Waals surface area contributed by atoms with Crippen LogP contribution in [0, 0.1) is 11.8 Å². The van der Waals surface area contributed by atoms with Gasteiger partial charge in [-0.15, -0.1) is 0 Å². The molecule has 0 aromatic rings. The zero-order valence-electron chi connectivity index (χ0n) is 10.1. The highest BCUT2D eigenvalue weighted by Gasteiger charge is 2.44. The first-order valence-electron chi connectivity index (χ1n) is 6.77. The minimum absolute atomic E-state index is 0.137. The average Bonchev–Trinajstić information content (AvgIpc) is 2.74. The molecule has 3 rings (SSSR count). The molecule has 1 N–H and O–H groups in total. The summed E-state index contributed by atoms with van der Waals surface area (Å²) >= 11 is 0. The Bertz CT molecular complexity index is 288. The summed E-state index contributed by atoms with van der Waals surface area (Å²) in [5, 5.41) is 3.45. The van der Waals surface area contributed by atoms with E-state index in [9.17, 15) is 4.79 Å². The van der Waals surface area contributed by atoms with Gasteiger partial charge in [-0.2, -0.15) is 0 Å². The highest BCUT2D eigenvalue weighted by Crippen LogP contribution is 2.38. The molecule has 3 heteroatoms. The summed E-state index contributed by atoms with van der Waals surface area (Å²) in [6.45, 7) is 1.07. The zero-order valence-corrected chi connectivity index (χ0v) is 10.1. The maximum atomic E-state index is 12.4. The molecule has 2 saturated carbocycles. The summed E-state index contributed by atoms with van der Waals surface area (Å²) in [6.07, 6.45) is 7.63. The van der Waals surface area contributed by atoms with Gasteiger partial charge in [0.15, 0.2) is 0 Å². The summed E-state index contributed by atoms with van der Waals surface area (Å²) < 4.78 is 0. The molecular weight excluding hydrogens is 200 g/mol. The molecule has 3 nitrogen and oxygen atoms in total. The SMILES string of the molecule is CN(C(=O)C1NCC2CCCC21)C1CCC1. The van der Waals surface area contributed by atoms with Crippen molar-refractivity contribution in [2.45, 2.75) is 50.6 Å². The van der Waals surface area contributed by atoms with Gasteiger partial charge in [0.1, 0.15) is 0 Å². The summed E-state index contributed by atoms with van der Waals surface area (Å²) in [5.41, 5.74) is 0. The fourth-order valence-electron chi connectivity index (χ4n) is 3.63. The van der Waals surface area contributed by atoms with Crippen LogP contribution < -0.4 is 5.32 Å². The Morgan fingerprint density at radius 3 is 2.62 bits per heavy atom. The summed E-state index contributed by atoms with van der Waals surface area (Å²) in [5.74, 6) is 1.78. The van der Waals surface area contributed by atoms with Gasteiger partial charge in [-0.3, -0.25) is 4.79 Å². The van der Waals surface area contributed by atoms with E-state index in [1.807, 2.05) is 11.9 Å². The number of nitrogens with zero attached hydrogens (tertiary/aromatic N) is 1. The maximum absolute atomic E-state index is 12.4. The number of rotatable bonds is 2. The molecule has 16 heavy (non-hydrogen) atoms. The molecule has 3 atom stereocenters. The van der Waals surface area contributed by atoms with Crippen molar-refractivity contribution in [1.82, 2.24) is 10.2 Å². The van der Waals surface area contributed by atoms with Gasteiger partial charge in [0.25, 0.3) is 0 Å². The quantitative estimate of drug-likeness (QED) is 0.765. The highest BCUT2D eigenvalue weighted by atomic mass is 16.2. The Kier molecular flexibility index (Phi) is 2.66. The number of hydrogen-bond acceptors (Lipinski definition) is 2. The lowest BCUT2D eigenvalue weighted by Gasteiger charge is -2.37. The normalized spacial score (nSPS) is 38.2. The smallest absolute Gasteiger partial charge is 0.239 e. The van der Waals surface area contributed by atoms with Crippen LogP contribution >= 0.6 is 0 Å². The number of hydrogen-bond donors (Lipinski definition) is 1. The largest absolute Gasteiger partial charge is 0.341 e. The Balaban J connectivity index is 1.65. The third-order valence-electron chi connectivity index (χ3n) is 4.98. The predicted molar refractivity (Wildman–Crippen MR) is 63.0 cm³/mol. The standard InChI is InChI=1S/C13H22N2O/c1-15(10-5-3-6-10)13(16)12-11-7-2-4-9(11)8-14-12/h9-12,14H,2-8H2,1H3. The topological polar surface area (TPSA) is 32.3 Å². The monoisotopic (exact) mass is 222 g/mol. The first-order chi connectivity index (χ1) is 7.77. The van der Waals surface area contributed by atoms with Gasteiger partial charge in [-0.05, 0) is 50.5 Å². The van der Waals surface area contributed by atoms with Crippen LogP contribution in [0.15, 0.2) is 0 Å². The van der Waals surface area contributed by atoms with E-state index in [0.29, 0.717) is 17.9 Å². The molecule has 0 aromatic heterocycles. The number of nitrogens with one attached hydrogen (secondary N) is 1. The molecule has 0 bridgehead atoms. The van der Waals surface area contributed by atoms with Crippen molar-refractivity contribution in [3.8, 4) is 0 Å². The number of amides is 1. The molecule has 2 aliphatic carbocycles. The molecular formula is C13H22N2O. The predicted octanol–water partition coefficient (Wildman–Crippen LogP) is 1.39. The molecule has 90 valence electrons. The fourth-order valence-corrected chi connectivity index (χ4v) is 3.63. The fraction of sp³-hybridized carbons (Fsp3) is 0.923. The molecule has 0 spiro atoms. The molecule has 1 aliphatic heterocycles. The van der Waals surface area contributed by atoms with E-state index in [0.717, 1.165) is 12.5 Å². The Labute approximate surface area is 97.6 Å². The lowest BCUT2D eigenvalue weighted by Crippen LogP contribution is -2.50. The van der Waals surface area contributed by atoms with Crippen molar-refractivity contribution in [2.24, 2.45) is 11.8 Å². The number of fused-ring (bicyclic) bond motifs is 1. The van der Waals surface area contributed by atoms with Crippen molar-refractivity contribution in [3.63, 3.8) is 0 Å². The highest BCUT2D eigenvalue weighted by molar-refractivity contribution is 5.83. The van der Waals surface area contributed by atoms with E-state index in [1.54, 1.807) is 0 Å². The van der Waals surface area contributed by atoms with Gasteiger partial charge in [0, 0.05) is 13.1 Å². The molecule has 1 saturated heterocycles.